The van der Waals surface area contributed by atoms with Gasteiger partial charge in [-0.05, 0) is 19.1 Å². The van der Waals surface area contributed by atoms with Gasteiger partial charge in [0.1, 0.15) is 16.3 Å². The number of aromatic nitrogens is 3. The number of aryl methyl sites for hydroxylation is 2. The van der Waals surface area contributed by atoms with Crippen molar-refractivity contribution in [3.63, 3.8) is 0 Å². The molecule has 3 heterocycles. The van der Waals surface area contributed by atoms with Crippen molar-refractivity contribution in [2.75, 3.05) is 0 Å². The Bertz CT molecular complexity index is 811. The molecule has 3 aromatic heterocycles. The average Bonchev–Trinajstić information content (AvgIpc) is 3.20. The van der Waals surface area contributed by atoms with Crippen molar-refractivity contribution < 1.29 is 9.32 Å². The van der Waals surface area contributed by atoms with Gasteiger partial charge in [0.15, 0.2) is 0 Å². The van der Waals surface area contributed by atoms with Crippen LogP contribution in [0.1, 0.15) is 33.7 Å². The minimum atomic E-state index is -0.179. The Morgan fingerprint density at radius 3 is 2.87 bits per heavy atom. The van der Waals surface area contributed by atoms with Crippen molar-refractivity contribution in [1.29, 1.82) is 0 Å². The third kappa shape index (κ3) is 3.29. The molecule has 0 saturated heterocycles. The molecule has 0 aliphatic heterocycles. The highest BCUT2D eigenvalue weighted by Crippen LogP contribution is 2.21. The number of carbonyl (C=O) groups excluding carboxylic acids is 1. The van der Waals surface area contributed by atoms with Crippen LogP contribution in [-0.4, -0.2) is 21.0 Å². The van der Waals surface area contributed by atoms with Gasteiger partial charge in [0.2, 0.25) is 0 Å². The number of thiazole rings is 1. The molecule has 3 aromatic rings. The lowest BCUT2D eigenvalue weighted by Gasteiger charge is -2.03. The highest BCUT2D eigenvalue weighted by molar-refractivity contribution is 7.09. The van der Waals surface area contributed by atoms with E-state index in [1.54, 1.807) is 19.3 Å². The SMILES string of the molecule is CCc1onc(C)c1C(=O)NCc1nc(-c2ccncc2)cs1. The van der Waals surface area contributed by atoms with E-state index in [1.807, 2.05) is 24.4 Å². The van der Waals surface area contributed by atoms with Crippen LogP contribution in [0.4, 0.5) is 0 Å². The van der Waals surface area contributed by atoms with E-state index in [9.17, 15) is 4.79 Å². The Balaban J connectivity index is 1.68. The monoisotopic (exact) mass is 328 g/mol. The van der Waals surface area contributed by atoms with E-state index in [-0.39, 0.29) is 5.91 Å². The zero-order chi connectivity index (χ0) is 16.2. The van der Waals surface area contributed by atoms with E-state index < -0.39 is 0 Å². The number of amides is 1. The van der Waals surface area contributed by atoms with Gasteiger partial charge in [0, 0.05) is 29.8 Å². The zero-order valence-electron chi connectivity index (χ0n) is 12.9. The van der Waals surface area contributed by atoms with Gasteiger partial charge in [0.05, 0.1) is 17.9 Å². The number of carbonyl (C=O) groups is 1. The summed E-state index contributed by atoms with van der Waals surface area (Å²) >= 11 is 1.51. The van der Waals surface area contributed by atoms with Gasteiger partial charge in [-0.1, -0.05) is 12.1 Å². The molecule has 7 heteroatoms. The molecular formula is C16H16N4O2S. The number of rotatable bonds is 5. The zero-order valence-corrected chi connectivity index (χ0v) is 13.7. The minimum absolute atomic E-state index is 0.179. The van der Waals surface area contributed by atoms with E-state index in [0.29, 0.717) is 30.0 Å². The summed E-state index contributed by atoms with van der Waals surface area (Å²) in [4.78, 5) is 20.8. The highest BCUT2D eigenvalue weighted by Gasteiger charge is 2.19. The standard InChI is InChI=1S/C16H16N4O2S/c1-3-13-15(10(2)20-22-13)16(21)18-8-14-19-12(9-23-14)11-4-6-17-7-5-11/h4-7,9H,3,8H2,1-2H3,(H,18,21). The summed E-state index contributed by atoms with van der Waals surface area (Å²) in [6, 6.07) is 3.82. The quantitative estimate of drug-likeness (QED) is 0.778. The molecule has 23 heavy (non-hydrogen) atoms. The van der Waals surface area contributed by atoms with E-state index in [1.165, 1.54) is 11.3 Å². The summed E-state index contributed by atoms with van der Waals surface area (Å²) in [6.45, 7) is 4.07. The van der Waals surface area contributed by atoms with Gasteiger partial charge in [-0.2, -0.15) is 0 Å². The molecule has 0 spiro atoms. The largest absolute Gasteiger partial charge is 0.360 e. The molecule has 0 atom stereocenters. The molecule has 0 aromatic carbocycles. The maximum Gasteiger partial charge on any atom is 0.257 e. The molecule has 6 nitrogen and oxygen atoms in total. The number of pyridine rings is 1. The highest BCUT2D eigenvalue weighted by atomic mass is 32.1. The summed E-state index contributed by atoms with van der Waals surface area (Å²) in [5.41, 5.74) is 3.03. The molecule has 1 amide bonds. The maximum atomic E-state index is 12.3. The normalized spacial score (nSPS) is 10.7. The molecule has 3 rings (SSSR count). The fourth-order valence-corrected chi connectivity index (χ4v) is 2.98. The summed E-state index contributed by atoms with van der Waals surface area (Å²) < 4.78 is 5.15. The summed E-state index contributed by atoms with van der Waals surface area (Å²) in [5, 5.41) is 9.55. The van der Waals surface area contributed by atoms with Crippen molar-refractivity contribution in [2.45, 2.75) is 26.8 Å². The lowest BCUT2D eigenvalue weighted by molar-refractivity contribution is 0.0948. The third-order valence-electron chi connectivity index (χ3n) is 3.41. The number of hydrogen-bond donors (Lipinski definition) is 1. The van der Waals surface area contributed by atoms with Crippen molar-refractivity contribution in [2.24, 2.45) is 0 Å². The molecule has 0 aliphatic carbocycles. The fraction of sp³-hybridized carbons (Fsp3) is 0.250. The van der Waals surface area contributed by atoms with Gasteiger partial charge >= 0.3 is 0 Å². The second-order valence-electron chi connectivity index (χ2n) is 4.96. The van der Waals surface area contributed by atoms with E-state index >= 15 is 0 Å². The number of nitrogens with one attached hydrogen (secondary N) is 1. The van der Waals surface area contributed by atoms with Crippen molar-refractivity contribution in [3.8, 4) is 11.3 Å². The molecule has 1 N–H and O–H groups in total. The Morgan fingerprint density at radius 1 is 1.35 bits per heavy atom. The van der Waals surface area contributed by atoms with Crippen LogP contribution in [0, 0.1) is 6.92 Å². The van der Waals surface area contributed by atoms with Crippen LogP contribution in [0.5, 0.6) is 0 Å². The summed E-state index contributed by atoms with van der Waals surface area (Å²) in [5.74, 6) is 0.429. The molecule has 118 valence electrons. The van der Waals surface area contributed by atoms with Crippen LogP contribution >= 0.6 is 11.3 Å². The van der Waals surface area contributed by atoms with Gasteiger partial charge in [-0.15, -0.1) is 11.3 Å². The van der Waals surface area contributed by atoms with Crippen LogP contribution in [-0.2, 0) is 13.0 Å². The topological polar surface area (TPSA) is 80.9 Å². The Hall–Kier alpha value is -2.54. The first-order chi connectivity index (χ1) is 11.2. The predicted molar refractivity (Wildman–Crippen MR) is 87.1 cm³/mol. The molecule has 0 unspecified atom stereocenters. The summed E-state index contributed by atoms with van der Waals surface area (Å²) in [7, 11) is 0. The Labute approximate surface area is 137 Å². The van der Waals surface area contributed by atoms with Crippen LogP contribution in [0.15, 0.2) is 34.4 Å². The smallest absolute Gasteiger partial charge is 0.257 e. The van der Waals surface area contributed by atoms with Crippen LogP contribution < -0.4 is 5.32 Å². The molecule has 0 aliphatic rings. The first kappa shape index (κ1) is 15.4. The molecular weight excluding hydrogens is 312 g/mol. The fourth-order valence-electron chi connectivity index (χ4n) is 2.24. The first-order valence-corrected chi connectivity index (χ1v) is 8.15. The number of nitrogens with zero attached hydrogens (tertiary/aromatic N) is 3. The lowest BCUT2D eigenvalue weighted by atomic mass is 10.1. The molecule has 0 saturated carbocycles. The van der Waals surface area contributed by atoms with Crippen molar-refractivity contribution in [1.82, 2.24) is 20.4 Å². The van der Waals surface area contributed by atoms with Crippen LogP contribution in [0.3, 0.4) is 0 Å². The van der Waals surface area contributed by atoms with Gasteiger partial charge in [-0.3, -0.25) is 9.78 Å². The van der Waals surface area contributed by atoms with Crippen molar-refractivity contribution in [3.05, 3.63) is 51.9 Å². The van der Waals surface area contributed by atoms with E-state index in [0.717, 1.165) is 16.3 Å². The van der Waals surface area contributed by atoms with Crippen LogP contribution in [0.25, 0.3) is 11.3 Å². The summed E-state index contributed by atoms with van der Waals surface area (Å²) in [6.07, 6.45) is 4.10. The minimum Gasteiger partial charge on any atom is -0.360 e. The van der Waals surface area contributed by atoms with Crippen molar-refractivity contribution >= 4 is 17.2 Å². The second-order valence-corrected chi connectivity index (χ2v) is 5.91. The maximum absolute atomic E-state index is 12.3. The molecule has 0 bridgehead atoms. The van der Waals surface area contributed by atoms with E-state index in [4.69, 9.17) is 4.52 Å². The Kier molecular flexibility index (Phi) is 4.47. The third-order valence-corrected chi connectivity index (χ3v) is 4.26. The van der Waals surface area contributed by atoms with E-state index in [2.05, 4.69) is 20.4 Å². The van der Waals surface area contributed by atoms with Gasteiger partial charge < -0.3 is 9.84 Å². The first-order valence-electron chi connectivity index (χ1n) is 7.27. The molecule has 0 fully saturated rings. The number of hydrogen-bond acceptors (Lipinski definition) is 6. The second kappa shape index (κ2) is 6.70. The lowest BCUT2D eigenvalue weighted by Crippen LogP contribution is -2.24. The average molecular weight is 328 g/mol. The molecule has 0 radical (unpaired) electrons. The Morgan fingerprint density at radius 2 is 2.13 bits per heavy atom. The van der Waals surface area contributed by atoms with Crippen LogP contribution in [0.2, 0.25) is 0 Å². The van der Waals surface area contributed by atoms with Gasteiger partial charge in [0.25, 0.3) is 5.91 Å². The van der Waals surface area contributed by atoms with Gasteiger partial charge in [-0.25, -0.2) is 4.98 Å². The predicted octanol–water partition coefficient (Wildman–Crippen LogP) is 2.99.